The van der Waals surface area contributed by atoms with E-state index in [0.29, 0.717) is 24.9 Å². The minimum Gasteiger partial charge on any atom is -0.465 e. The molecule has 0 radical (unpaired) electrons. The van der Waals surface area contributed by atoms with Crippen LogP contribution in [0.3, 0.4) is 0 Å². The lowest BCUT2D eigenvalue weighted by Gasteiger charge is -2.15. The van der Waals surface area contributed by atoms with Crippen molar-refractivity contribution in [2.24, 2.45) is 11.8 Å². The van der Waals surface area contributed by atoms with E-state index in [-0.39, 0.29) is 5.97 Å². The fourth-order valence-corrected chi connectivity index (χ4v) is 1.89. The van der Waals surface area contributed by atoms with Crippen LogP contribution in [-0.4, -0.2) is 12.6 Å². The zero-order chi connectivity index (χ0) is 12.4. The maximum Gasteiger partial charge on any atom is 0.306 e. The van der Waals surface area contributed by atoms with Gasteiger partial charge in [-0.2, -0.15) is 0 Å². The lowest BCUT2D eigenvalue weighted by molar-refractivity contribution is -0.146. The lowest BCUT2D eigenvalue weighted by atomic mass is 9.97. The number of esters is 1. The van der Waals surface area contributed by atoms with Crippen LogP contribution in [0, 0.1) is 11.8 Å². The molecule has 0 saturated carbocycles. The van der Waals surface area contributed by atoms with Gasteiger partial charge in [-0.05, 0) is 11.8 Å². The van der Waals surface area contributed by atoms with Gasteiger partial charge in [-0.15, -0.1) is 0 Å². The minimum atomic E-state index is -0.00722. The number of hydrogen-bond acceptors (Lipinski definition) is 2. The Balaban J connectivity index is 3.79. The van der Waals surface area contributed by atoms with Gasteiger partial charge in [0.1, 0.15) is 0 Å². The SMILES string of the molecule is CCCC(CC)CC(=O)OCC(CC)CC. The molecule has 0 aromatic heterocycles. The molecule has 0 rings (SSSR count). The van der Waals surface area contributed by atoms with Gasteiger partial charge in [-0.3, -0.25) is 4.79 Å². The molecule has 0 aromatic rings. The van der Waals surface area contributed by atoms with E-state index in [1.54, 1.807) is 0 Å². The maximum absolute atomic E-state index is 11.6. The van der Waals surface area contributed by atoms with Crippen LogP contribution in [0.25, 0.3) is 0 Å². The zero-order valence-corrected chi connectivity index (χ0v) is 11.4. The van der Waals surface area contributed by atoms with E-state index in [0.717, 1.165) is 32.1 Å². The Morgan fingerprint density at radius 1 is 1.00 bits per heavy atom. The number of hydrogen-bond donors (Lipinski definition) is 0. The van der Waals surface area contributed by atoms with Crippen molar-refractivity contribution in [3.63, 3.8) is 0 Å². The molecule has 96 valence electrons. The van der Waals surface area contributed by atoms with E-state index in [1.807, 2.05) is 0 Å². The molecule has 0 spiro atoms. The Morgan fingerprint density at radius 3 is 2.00 bits per heavy atom. The molecular formula is C14H28O2. The van der Waals surface area contributed by atoms with Gasteiger partial charge in [0, 0.05) is 6.42 Å². The summed E-state index contributed by atoms with van der Waals surface area (Å²) in [7, 11) is 0. The molecule has 2 heteroatoms. The second-order valence-electron chi connectivity index (χ2n) is 4.63. The smallest absolute Gasteiger partial charge is 0.306 e. The van der Waals surface area contributed by atoms with Gasteiger partial charge >= 0.3 is 5.97 Å². The van der Waals surface area contributed by atoms with Gasteiger partial charge in [-0.25, -0.2) is 0 Å². The van der Waals surface area contributed by atoms with Crippen molar-refractivity contribution >= 4 is 5.97 Å². The molecule has 2 nitrogen and oxygen atoms in total. The molecule has 0 N–H and O–H groups in total. The molecule has 0 fully saturated rings. The van der Waals surface area contributed by atoms with Crippen molar-refractivity contribution in [1.82, 2.24) is 0 Å². The number of carbonyl (C=O) groups excluding carboxylic acids is 1. The Bertz CT molecular complexity index is 174. The van der Waals surface area contributed by atoms with Crippen LogP contribution in [0.4, 0.5) is 0 Å². The van der Waals surface area contributed by atoms with E-state index in [1.165, 1.54) is 0 Å². The Labute approximate surface area is 101 Å². The third kappa shape index (κ3) is 6.86. The summed E-state index contributed by atoms with van der Waals surface area (Å²) in [6.45, 7) is 9.21. The highest BCUT2D eigenvalue weighted by molar-refractivity contribution is 5.69. The first-order valence-corrected chi connectivity index (χ1v) is 6.83. The summed E-state index contributed by atoms with van der Waals surface area (Å²) in [6, 6.07) is 0. The van der Waals surface area contributed by atoms with Crippen LogP contribution in [0.5, 0.6) is 0 Å². The van der Waals surface area contributed by atoms with Crippen molar-refractivity contribution in [2.45, 2.75) is 66.2 Å². The van der Waals surface area contributed by atoms with E-state index in [2.05, 4.69) is 27.7 Å². The van der Waals surface area contributed by atoms with Gasteiger partial charge in [0.2, 0.25) is 0 Å². The monoisotopic (exact) mass is 228 g/mol. The summed E-state index contributed by atoms with van der Waals surface area (Å²) in [4.78, 5) is 11.6. The second-order valence-corrected chi connectivity index (χ2v) is 4.63. The highest BCUT2D eigenvalue weighted by Gasteiger charge is 2.13. The quantitative estimate of drug-likeness (QED) is 0.553. The molecule has 16 heavy (non-hydrogen) atoms. The molecule has 0 heterocycles. The normalized spacial score (nSPS) is 12.8. The maximum atomic E-state index is 11.6. The Morgan fingerprint density at radius 2 is 1.56 bits per heavy atom. The summed E-state index contributed by atoms with van der Waals surface area (Å²) in [5, 5.41) is 0. The predicted octanol–water partition coefficient (Wildman–Crippen LogP) is 4.18. The van der Waals surface area contributed by atoms with Gasteiger partial charge in [0.15, 0.2) is 0 Å². The topological polar surface area (TPSA) is 26.3 Å². The molecule has 0 amide bonds. The van der Waals surface area contributed by atoms with Gasteiger partial charge < -0.3 is 4.74 Å². The molecule has 0 aromatic carbocycles. The summed E-state index contributed by atoms with van der Waals surface area (Å²) in [5.41, 5.74) is 0. The molecule has 0 aliphatic rings. The first-order valence-electron chi connectivity index (χ1n) is 6.83. The lowest BCUT2D eigenvalue weighted by Crippen LogP contribution is -2.16. The average Bonchev–Trinajstić information content (AvgIpc) is 2.29. The molecule has 0 saturated heterocycles. The van der Waals surface area contributed by atoms with E-state index in [9.17, 15) is 4.79 Å². The third-order valence-electron chi connectivity index (χ3n) is 3.36. The fraction of sp³-hybridized carbons (Fsp3) is 0.929. The summed E-state index contributed by atoms with van der Waals surface area (Å²) in [5.74, 6) is 1.04. The second kappa shape index (κ2) is 9.68. The van der Waals surface area contributed by atoms with E-state index in [4.69, 9.17) is 4.74 Å². The molecule has 1 unspecified atom stereocenters. The zero-order valence-electron chi connectivity index (χ0n) is 11.4. The average molecular weight is 228 g/mol. The van der Waals surface area contributed by atoms with Gasteiger partial charge in [0.05, 0.1) is 6.61 Å². The largest absolute Gasteiger partial charge is 0.465 e. The third-order valence-corrected chi connectivity index (χ3v) is 3.36. The standard InChI is InChI=1S/C14H28O2/c1-5-9-13(8-4)10-14(15)16-11-12(6-2)7-3/h12-13H,5-11H2,1-4H3. The fourth-order valence-electron chi connectivity index (χ4n) is 1.89. The summed E-state index contributed by atoms with van der Waals surface area (Å²) >= 11 is 0. The van der Waals surface area contributed by atoms with Crippen molar-refractivity contribution in [2.75, 3.05) is 6.61 Å². The predicted molar refractivity (Wildman–Crippen MR) is 68.3 cm³/mol. The highest BCUT2D eigenvalue weighted by Crippen LogP contribution is 2.16. The van der Waals surface area contributed by atoms with Crippen molar-refractivity contribution in [1.29, 1.82) is 0 Å². The molecule has 0 aliphatic carbocycles. The Kier molecular flexibility index (Phi) is 9.36. The van der Waals surface area contributed by atoms with E-state index < -0.39 is 0 Å². The van der Waals surface area contributed by atoms with Crippen LogP contribution in [0.15, 0.2) is 0 Å². The van der Waals surface area contributed by atoms with Gasteiger partial charge in [0.25, 0.3) is 0 Å². The molecule has 0 bridgehead atoms. The van der Waals surface area contributed by atoms with Crippen LogP contribution >= 0.6 is 0 Å². The molecule has 1 atom stereocenters. The minimum absolute atomic E-state index is 0.00722. The first-order chi connectivity index (χ1) is 7.67. The summed E-state index contributed by atoms with van der Waals surface area (Å²) < 4.78 is 5.33. The van der Waals surface area contributed by atoms with Crippen molar-refractivity contribution in [3.8, 4) is 0 Å². The first kappa shape index (κ1) is 15.5. The van der Waals surface area contributed by atoms with Crippen molar-refractivity contribution < 1.29 is 9.53 Å². The van der Waals surface area contributed by atoms with Crippen LogP contribution in [0.1, 0.15) is 66.2 Å². The van der Waals surface area contributed by atoms with Crippen LogP contribution < -0.4 is 0 Å². The number of ether oxygens (including phenoxy) is 1. The Hall–Kier alpha value is -0.530. The van der Waals surface area contributed by atoms with Crippen molar-refractivity contribution in [3.05, 3.63) is 0 Å². The van der Waals surface area contributed by atoms with Crippen LogP contribution in [0.2, 0.25) is 0 Å². The molecular weight excluding hydrogens is 200 g/mol. The number of rotatable bonds is 9. The van der Waals surface area contributed by atoms with Gasteiger partial charge in [-0.1, -0.05) is 59.8 Å². The molecule has 0 aliphatic heterocycles. The summed E-state index contributed by atoms with van der Waals surface area (Å²) in [6.07, 6.45) is 6.15. The highest BCUT2D eigenvalue weighted by atomic mass is 16.5. The van der Waals surface area contributed by atoms with E-state index >= 15 is 0 Å². The van der Waals surface area contributed by atoms with Crippen LogP contribution in [-0.2, 0) is 9.53 Å². The number of carbonyl (C=O) groups is 1.